The topological polar surface area (TPSA) is 0 Å². The van der Waals surface area contributed by atoms with Gasteiger partial charge in [0.15, 0.2) is 0 Å². The van der Waals surface area contributed by atoms with Crippen molar-refractivity contribution in [2.45, 2.75) is 32.6 Å². The molecule has 1 aromatic carbocycles. The summed E-state index contributed by atoms with van der Waals surface area (Å²) in [5.41, 5.74) is 0.847. The molecule has 0 aromatic heterocycles. The van der Waals surface area contributed by atoms with Gasteiger partial charge in [-0.3, -0.25) is 0 Å². The summed E-state index contributed by atoms with van der Waals surface area (Å²) in [5, 5.41) is 0. The van der Waals surface area contributed by atoms with Gasteiger partial charge in [0, 0.05) is 5.56 Å². The second-order valence-corrected chi connectivity index (χ2v) is 4.11. The summed E-state index contributed by atoms with van der Waals surface area (Å²) in [7, 11) is 0. The molecular formula is C11H13F2. The Balaban J connectivity index is 3.06. The van der Waals surface area contributed by atoms with Crippen molar-refractivity contribution in [1.29, 1.82) is 0 Å². The van der Waals surface area contributed by atoms with Crippen LogP contribution in [0.3, 0.4) is 0 Å². The molecule has 0 aliphatic heterocycles. The van der Waals surface area contributed by atoms with Crippen molar-refractivity contribution >= 4 is 0 Å². The van der Waals surface area contributed by atoms with Gasteiger partial charge < -0.3 is 0 Å². The molecule has 0 saturated carbocycles. The van der Waals surface area contributed by atoms with Crippen LogP contribution in [-0.2, 0) is 5.41 Å². The van der Waals surface area contributed by atoms with Crippen LogP contribution in [0.1, 0.15) is 38.3 Å². The summed E-state index contributed by atoms with van der Waals surface area (Å²) in [6.07, 6.45) is -2.40. The molecule has 0 atom stereocenters. The number of alkyl halides is 2. The Morgan fingerprint density at radius 3 is 2.31 bits per heavy atom. The minimum Gasteiger partial charge on any atom is -0.205 e. The lowest BCUT2D eigenvalue weighted by Crippen LogP contribution is -2.11. The van der Waals surface area contributed by atoms with Gasteiger partial charge in [-0.15, -0.1) is 0 Å². The van der Waals surface area contributed by atoms with Crippen LogP contribution >= 0.6 is 0 Å². The third kappa shape index (κ3) is 2.51. The van der Waals surface area contributed by atoms with E-state index in [1.807, 2.05) is 20.8 Å². The fraction of sp³-hybridized carbons (Fsp3) is 0.455. The molecule has 2 heteroatoms. The summed E-state index contributed by atoms with van der Waals surface area (Å²) < 4.78 is 24.6. The van der Waals surface area contributed by atoms with E-state index in [9.17, 15) is 8.78 Å². The number of rotatable bonds is 1. The molecule has 0 fully saturated rings. The average Bonchev–Trinajstić information content (AvgIpc) is 2.03. The Bertz CT molecular complexity index is 284. The van der Waals surface area contributed by atoms with Crippen molar-refractivity contribution in [1.82, 2.24) is 0 Å². The molecule has 0 aliphatic rings. The molecule has 0 amide bonds. The van der Waals surface area contributed by atoms with E-state index in [2.05, 4.69) is 6.07 Å². The molecule has 71 valence electrons. The fourth-order valence-electron chi connectivity index (χ4n) is 1.05. The van der Waals surface area contributed by atoms with E-state index in [-0.39, 0.29) is 11.0 Å². The minimum absolute atomic E-state index is 0.0485. The van der Waals surface area contributed by atoms with Crippen LogP contribution in [-0.4, -0.2) is 0 Å². The van der Waals surface area contributed by atoms with Gasteiger partial charge in [0.05, 0.1) is 0 Å². The normalized spacial score (nSPS) is 12.2. The number of benzene rings is 1. The highest BCUT2D eigenvalue weighted by atomic mass is 19.3. The molecule has 1 rings (SSSR count). The lowest BCUT2D eigenvalue weighted by atomic mass is 9.86. The highest BCUT2D eigenvalue weighted by molar-refractivity contribution is 5.28. The van der Waals surface area contributed by atoms with Crippen LogP contribution in [0.5, 0.6) is 0 Å². The molecule has 0 spiro atoms. The Labute approximate surface area is 77.6 Å². The number of hydrogen-bond acceptors (Lipinski definition) is 0. The standard InChI is InChI=1S/C11H13F2/c1-11(2,3)9-6-4-5-8(7-9)10(12)13/h5-7,10H,1-3H3. The zero-order chi connectivity index (χ0) is 10.1. The second-order valence-electron chi connectivity index (χ2n) is 4.11. The fourth-order valence-corrected chi connectivity index (χ4v) is 1.05. The molecule has 0 N–H and O–H groups in total. The van der Waals surface area contributed by atoms with E-state index in [1.165, 1.54) is 6.07 Å². The Kier molecular flexibility index (Phi) is 2.69. The van der Waals surface area contributed by atoms with Gasteiger partial charge in [-0.1, -0.05) is 26.8 Å². The summed E-state index contributed by atoms with van der Waals surface area (Å²) in [6.45, 7) is 5.97. The maximum Gasteiger partial charge on any atom is 0.263 e. The Hall–Kier alpha value is -0.920. The van der Waals surface area contributed by atoms with Gasteiger partial charge >= 0.3 is 0 Å². The van der Waals surface area contributed by atoms with Gasteiger partial charge in [0.25, 0.3) is 6.43 Å². The van der Waals surface area contributed by atoms with Crippen molar-refractivity contribution in [3.63, 3.8) is 0 Å². The van der Waals surface area contributed by atoms with E-state index in [1.54, 1.807) is 12.1 Å². The Morgan fingerprint density at radius 2 is 1.85 bits per heavy atom. The smallest absolute Gasteiger partial charge is 0.205 e. The molecule has 1 aromatic rings. The summed E-state index contributed by atoms with van der Waals surface area (Å²) in [4.78, 5) is 0. The number of hydrogen-bond donors (Lipinski definition) is 0. The van der Waals surface area contributed by atoms with Crippen LogP contribution in [0.2, 0.25) is 0 Å². The average molecular weight is 183 g/mol. The zero-order valence-electron chi connectivity index (χ0n) is 8.07. The lowest BCUT2D eigenvalue weighted by molar-refractivity contribution is 0.151. The van der Waals surface area contributed by atoms with Crippen molar-refractivity contribution in [2.75, 3.05) is 0 Å². The molecule has 13 heavy (non-hydrogen) atoms. The van der Waals surface area contributed by atoms with E-state index in [4.69, 9.17) is 0 Å². The van der Waals surface area contributed by atoms with Crippen LogP contribution in [0.15, 0.2) is 18.2 Å². The molecule has 0 aliphatic carbocycles. The van der Waals surface area contributed by atoms with Crippen LogP contribution < -0.4 is 0 Å². The van der Waals surface area contributed by atoms with Crippen molar-refractivity contribution in [3.8, 4) is 0 Å². The highest BCUT2D eigenvalue weighted by Gasteiger charge is 2.15. The van der Waals surface area contributed by atoms with Crippen molar-refractivity contribution in [3.05, 3.63) is 35.4 Å². The maximum absolute atomic E-state index is 12.3. The summed E-state index contributed by atoms with van der Waals surface area (Å²) in [5.74, 6) is 0. The van der Waals surface area contributed by atoms with Gasteiger partial charge in [0.1, 0.15) is 0 Å². The lowest BCUT2D eigenvalue weighted by Gasteiger charge is -2.19. The first-order valence-corrected chi connectivity index (χ1v) is 4.21. The monoisotopic (exact) mass is 183 g/mol. The first-order chi connectivity index (χ1) is 5.91. The molecule has 0 heterocycles. The first-order valence-electron chi connectivity index (χ1n) is 4.21. The third-order valence-electron chi connectivity index (χ3n) is 1.93. The molecular weight excluding hydrogens is 170 g/mol. The van der Waals surface area contributed by atoms with Crippen LogP contribution in [0, 0.1) is 6.07 Å². The second kappa shape index (κ2) is 3.44. The zero-order valence-corrected chi connectivity index (χ0v) is 8.07. The van der Waals surface area contributed by atoms with E-state index in [0.717, 1.165) is 5.56 Å². The molecule has 0 saturated heterocycles. The first kappa shape index (κ1) is 10.2. The van der Waals surface area contributed by atoms with Gasteiger partial charge in [-0.25, -0.2) is 8.78 Å². The van der Waals surface area contributed by atoms with Crippen LogP contribution in [0.4, 0.5) is 8.78 Å². The van der Waals surface area contributed by atoms with Crippen LogP contribution in [0.25, 0.3) is 0 Å². The summed E-state index contributed by atoms with van der Waals surface area (Å²) in [6, 6.07) is 7.37. The molecule has 0 bridgehead atoms. The quantitative estimate of drug-likeness (QED) is 0.622. The van der Waals surface area contributed by atoms with E-state index >= 15 is 0 Å². The van der Waals surface area contributed by atoms with Gasteiger partial charge in [-0.2, -0.15) is 0 Å². The molecule has 0 unspecified atom stereocenters. The van der Waals surface area contributed by atoms with E-state index in [0.29, 0.717) is 0 Å². The predicted molar refractivity (Wildman–Crippen MR) is 48.9 cm³/mol. The van der Waals surface area contributed by atoms with Crippen molar-refractivity contribution < 1.29 is 8.78 Å². The maximum atomic E-state index is 12.3. The van der Waals surface area contributed by atoms with Gasteiger partial charge in [-0.05, 0) is 29.2 Å². The minimum atomic E-state index is -2.40. The Morgan fingerprint density at radius 1 is 1.23 bits per heavy atom. The molecule has 0 nitrogen and oxygen atoms in total. The third-order valence-corrected chi connectivity index (χ3v) is 1.93. The van der Waals surface area contributed by atoms with Crippen molar-refractivity contribution in [2.24, 2.45) is 0 Å². The summed E-state index contributed by atoms with van der Waals surface area (Å²) >= 11 is 0. The largest absolute Gasteiger partial charge is 0.263 e. The highest BCUT2D eigenvalue weighted by Crippen LogP contribution is 2.26. The predicted octanol–water partition coefficient (Wildman–Crippen LogP) is 3.72. The van der Waals surface area contributed by atoms with Gasteiger partial charge in [0.2, 0.25) is 0 Å². The molecule has 1 radical (unpaired) electrons. The number of halogens is 2. The van der Waals surface area contributed by atoms with E-state index < -0.39 is 6.43 Å². The SMILES string of the molecule is CC(C)(C)c1c[c]cc(C(F)F)c1.